The summed E-state index contributed by atoms with van der Waals surface area (Å²) in [6, 6.07) is 38.3. The van der Waals surface area contributed by atoms with Gasteiger partial charge in [-0.15, -0.1) is 0 Å². The van der Waals surface area contributed by atoms with Crippen molar-refractivity contribution in [2.75, 3.05) is 0 Å². The predicted octanol–water partition coefficient (Wildman–Crippen LogP) is 7.24. The Kier molecular flexibility index (Phi) is 4.19. The van der Waals surface area contributed by atoms with Crippen LogP contribution in [0.1, 0.15) is 0 Å². The third-order valence-electron chi connectivity index (χ3n) is 5.09. The number of benzene rings is 4. The highest BCUT2D eigenvalue weighted by molar-refractivity contribution is 5.96. The van der Waals surface area contributed by atoms with Crippen LogP contribution in [0.25, 0.3) is 44.3 Å². The first kappa shape index (κ1) is 16.5. The highest BCUT2D eigenvalue weighted by Gasteiger charge is 2.10. The number of rotatable bonds is 3. The van der Waals surface area contributed by atoms with Crippen LogP contribution in [0.4, 0.5) is 0 Å². The largest absolute Gasteiger partial charge is 0.256 e. The lowest BCUT2D eigenvalue weighted by Gasteiger charge is -2.12. The molecule has 0 atom stereocenters. The van der Waals surface area contributed by atoms with Crippen molar-refractivity contribution in [2.45, 2.75) is 0 Å². The second kappa shape index (κ2) is 7.13. The quantitative estimate of drug-likeness (QED) is 0.332. The van der Waals surface area contributed by atoms with Crippen molar-refractivity contribution in [1.82, 2.24) is 4.98 Å². The molecular weight excluding hydrogens is 338 g/mol. The van der Waals surface area contributed by atoms with E-state index in [9.17, 15) is 0 Å². The molecule has 0 N–H and O–H groups in total. The van der Waals surface area contributed by atoms with Crippen molar-refractivity contribution >= 4 is 10.8 Å². The van der Waals surface area contributed by atoms with Gasteiger partial charge < -0.3 is 0 Å². The van der Waals surface area contributed by atoms with Crippen molar-refractivity contribution in [1.29, 1.82) is 0 Å². The van der Waals surface area contributed by atoms with E-state index in [1.54, 1.807) is 0 Å². The van der Waals surface area contributed by atoms with Crippen molar-refractivity contribution in [3.8, 4) is 33.5 Å². The van der Waals surface area contributed by atoms with Crippen molar-refractivity contribution in [2.24, 2.45) is 0 Å². The highest BCUT2D eigenvalue weighted by Crippen LogP contribution is 2.34. The lowest BCUT2D eigenvalue weighted by atomic mass is 9.93. The lowest BCUT2D eigenvalue weighted by molar-refractivity contribution is 1.36. The lowest BCUT2D eigenvalue weighted by Crippen LogP contribution is -1.89. The standard InChI is InChI=1S/C27H19N/c1-3-9-20(10-4-1)23-17-24(21-11-5-2-6-12-21)19-25(18-23)27-26-14-8-7-13-22(26)15-16-28-27/h1-19H. The SMILES string of the molecule is c1ccc(-c2cc(-c3ccccc3)cc(-c3nccc4ccccc34)c2)cc1. The first-order valence-electron chi connectivity index (χ1n) is 9.48. The predicted molar refractivity (Wildman–Crippen MR) is 118 cm³/mol. The summed E-state index contributed by atoms with van der Waals surface area (Å²) >= 11 is 0. The molecule has 0 fully saturated rings. The molecular formula is C27H19N. The minimum atomic E-state index is 1.02. The van der Waals surface area contributed by atoms with Gasteiger partial charge in [-0.05, 0) is 51.9 Å². The van der Waals surface area contributed by atoms with E-state index in [1.165, 1.54) is 33.0 Å². The molecule has 5 rings (SSSR count). The molecule has 0 saturated carbocycles. The maximum atomic E-state index is 4.75. The van der Waals surface area contributed by atoms with E-state index in [0.29, 0.717) is 0 Å². The topological polar surface area (TPSA) is 12.9 Å². The van der Waals surface area contributed by atoms with Gasteiger partial charge in [0.1, 0.15) is 0 Å². The summed E-state index contributed by atoms with van der Waals surface area (Å²) in [5.41, 5.74) is 6.98. The van der Waals surface area contributed by atoms with Crippen molar-refractivity contribution in [3.05, 3.63) is 115 Å². The van der Waals surface area contributed by atoms with Gasteiger partial charge in [0.2, 0.25) is 0 Å². The molecule has 1 heteroatoms. The van der Waals surface area contributed by atoms with Gasteiger partial charge in [0, 0.05) is 17.1 Å². The molecule has 1 nitrogen and oxygen atoms in total. The van der Waals surface area contributed by atoms with Crippen molar-refractivity contribution < 1.29 is 0 Å². The van der Waals surface area contributed by atoms with Crippen molar-refractivity contribution in [3.63, 3.8) is 0 Å². The maximum Gasteiger partial charge on any atom is 0.0780 e. The molecule has 0 radical (unpaired) electrons. The molecule has 132 valence electrons. The van der Waals surface area contributed by atoms with Gasteiger partial charge in [0.15, 0.2) is 0 Å². The van der Waals surface area contributed by atoms with Crippen LogP contribution in [0.3, 0.4) is 0 Å². The summed E-state index contributed by atoms with van der Waals surface area (Å²) in [5.74, 6) is 0. The van der Waals surface area contributed by atoms with Crippen LogP contribution in [-0.2, 0) is 0 Å². The zero-order valence-corrected chi connectivity index (χ0v) is 15.4. The van der Waals surface area contributed by atoms with Crippen LogP contribution < -0.4 is 0 Å². The van der Waals surface area contributed by atoms with Gasteiger partial charge in [-0.3, -0.25) is 4.98 Å². The van der Waals surface area contributed by atoms with E-state index in [-0.39, 0.29) is 0 Å². The fourth-order valence-corrected chi connectivity index (χ4v) is 3.71. The van der Waals surface area contributed by atoms with Crippen LogP contribution in [0.2, 0.25) is 0 Å². The Morgan fingerprint density at radius 2 is 0.964 bits per heavy atom. The third-order valence-corrected chi connectivity index (χ3v) is 5.09. The Morgan fingerprint density at radius 1 is 0.429 bits per heavy atom. The van der Waals surface area contributed by atoms with Crippen LogP contribution in [0.15, 0.2) is 115 Å². The second-order valence-electron chi connectivity index (χ2n) is 6.91. The Balaban J connectivity index is 1.78. The van der Waals surface area contributed by atoms with E-state index in [1.807, 2.05) is 6.20 Å². The molecule has 0 bridgehead atoms. The molecule has 0 aliphatic heterocycles. The molecule has 0 aliphatic carbocycles. The fraction of sp³-hybridized carbons (Fsp3) is 0. The molecule has 5 aromatic rings. The van der Waals surface area contributed by atoms with Gasteiger partial charge in [-0.2, -0.15) is 0 Å². The number of hydrogen-bond acceptors (Lipinski definition) is 1. The van der Waals surface area contributed by atoms with Gasteiger partial charge in [0.05, 0.1) is 5.69 Å². The molecule has 1 aromatic heterocycles. The fourth-order valence-electron chi connectivity index (χ4n) is 3.71. The normalized spacial score (nSPS) is 10.9. The summed E-state index contributed by atoms with van der Waals surface area (Å²) in [7, 11) is 0. The molecule has 0 saturated heterocycles. The van der Waals surface area contributed by atoms with Gasteiger partial charge in [-0.25, -0.2) is 0 Å². The van der Waals surface area contributed by atoms with E-state index >= 15 is 0 Å². The molecule has 1 heterocycles. The summed E-state index contributed by atoms with van der Waals surface area (Å²) in [6.45, 7) is 0. The second-order valence-corrected chi connectivity index (χ2v) is 6.91. The Hall–Kier alpha value is -3.71. The van der Waals surface area contributed by atoms with E-state index in [4.69, 9.17) is 4.98 Å². The number of fused-ring (bicyclic) bond motifs is 1. The number of hydrogen-bond donors (Lipinski definition) is 0. The van der Waals surface area contributed by atoms with Crippen LogP contribution in [0, 0.1) is 0 Å². The van der Waals surface area contributed by atoms with Gasteiger partial charge in [0.25, 0.3) is 0 Å². The first-order valence-corrected chi connectivity index (χ1v) is 9.48. The average Bonchev–Trinajstić information content (AvgIpc) is 2.79. The van der Waals surface area contributed by atoms with E-state index < -0.39 is 0 Å². The molecule has 0 aliphatic rings. The number of aromatic nitrogens is 1. The Bertz CT molecular complexity index is 1180. The Morgan fingerprint density at radius 3 is 1.61 bits per heavy atom. The molecule has 4 aromatic carbocycles. The van der Waals surface area contributed by atoms with Crippen LogP contribution in [-0.4, -0.2) is 4.98 Å². The van der Waals surface area contributed by atoms with Gasteiger partial charge >= 0.3 is 0 Å². The molecule has 28 heavy (non-hydrogen) atoms. The van der Waals surface area contributed by atoms with Crippen LogP contribution >= 0.6 is 0 Å². The van der Waals surface area contributed by atoms with Gasteiger partial charge in [-0.1, -0.05) is 84.9 Å². The number of pyridine rings is 1. The smallest absolute Gasteiger partial charge is 0.0780 e. The first-order chi connectivity index (χ1) is 13.9. The monoisotopic (exact) mass is 357 g/mol. The summed E-state index contributed by atoms with van der Waals surface area (Å²) in [6.07, 6.45) is 1.90. The zero-order chi connectivity index (χ0) is 18.8. The third kappa shape index (κ3) is 3.08. The average molecular weight is 357 g/mol. The minimum Gasteiger partial charge on any atom is -0.256 e. The maximum absolute atomic E-state index is 4.75. The van der Waals surface area contributed by atoms with Crippen LogP contribution in [0.5, 0.6) is 0 Å². The zero-order valence-electron chi connectivity index (χ0n) is 15.4. The minimum absolute atomic E-state index is 1.02. The Labute approximate surface area is 165 Å². The summed E-state index contributed by atoms with van der Waals surface area (Å²) in [4.78, 5) is 4.75. The summed E-state index contributed by atoms with van der Waals surface area (Å²) < 4.78 is 0. The summed E-state index contributed by atoms with van der Waals surface area (Å²) in [5, 5.41) is 2.38. The highest BCUT2D eigenvalue weighted by atomic mass is 14.7. The molecule has 0 amide bonds. The van der Waals surface area contributed by atoms with E-state index in [2.05, 4.69) is 109 Å². The molecule has 0 unspecified atom stereocenters. The number of nitrogens with zero attached hydrogens (tertiary/aromatic N) is 1. The molecule has 0 spiro atoms. The van der Waals surface area contributed by atoms with E-state index in [0.717, 1.165) is 11.3 Å².